The lowest BCUT2D eigenvalue weighted by atomic mass is 10.1. The highest BCUT2D eigenvalue weighted by Gasteiger charge is 2.28. The van der Waals surface area contributed by atoms with Crippen molar-refractivity contribution in [2.75, 3.05) is 5.32 Å². The minimum absolute atomic E-state index is 0.272. The van der Waals surface area contributed by atoms with Gasteiger partial charge in [-0.05, 0) is 41.5 Å². The second-order valence-corrected chi connectivity index (χ2v) is 10.2. The minimum Gasteiger partial charge on any atom is -0.488 e. The highest BCUT2D eigenvalue weighted by Crippen LogP contribution is 2.42. The van der Waals surface area contributed by atoms with Crippen molar-refractivity contribution in [3.8, 4) is 22.9 Å². The van der Waals surface area contributed by atoms with Gasteiger partial charge in [0.1, 0.15) is 18.2 Å². The van der Waals surface area contributed by atoms with Crippen molar-refractivity contribution in [1.29, 1.82) is 0 Å². The highest BCUT2D eigenvalue weighted by molar-refractivity contribution is 7.98. The first kappa shape index (κ1) is 25.2. The van der Waals surface area contributed by atoms with Crippen LogP contribution < -0.4 is 14.8 Å². The predicted octanol–water partition coefficient (Wildman–Crippen LogP) is 7.71. The number of anilines is 1. The van der Waals surface area contributed by atoms with Crippen LogP contribution in [0.1, 0.15) is 22.9 Å². The zero-order valence-electron chi connectivity index (χ0n) is 20.6. The third kappa shape index (κ3) is 5.67. The molecule has 0 aliphatic carbocycles. The summed E-state index contributed by atoms with van der Waals surface area (Å²) >= 11 is 7.71. The van der Waals surface area contributed by atoms with Gasteiger partial charge in [-0.3, -0.25) is 0 Å². The molecule has 0 bridgehead atoms. The van der Waals surface area contributed by atoms with Gasteiger partial charge in [-0.1, -0.05) is 90.1 Å². The first-order valence-corrected chi connectivity index (χ1v) is 13.6. The van der Waals surface area contributed by atoms with E-state index < -0.39 is 6.23 Å². The fourth-order valence-electron chi connectivity index (χ4n) is 4.20. The quantitative estimate of drug-likeness (QED) is 0.206. The molecule has 1 N–H and O–H groups in total. The van der Waals surface area contributed by atoms with Gasteiger partial charge in [0.15, 0.2) is 5.69 Å². The van der Waals surface area contributed by atoms with Crippen molar-refractivity contribution in [3.63, 3.8) is 0 Å². The number of benzene rings is 4. The average molecular weight is 557 g/mol. The predicted molar refractivity (Wildman–Crippen MR) is 150 cm³/mol. The number of rotatable bonds is 7. The lowest BCUT2D eigenvalue weighted by Crippen LogP contribution is -2.18. The summed E-state index contributed by atoms with van der Waals surface area (Å²) in [4.78, 5) is 4.67. The fraction of sp³-hybridized carbons (Fsp3) is 0.100. The molecule has 2 heterocycles. The number of ether oxygens (including phenoxy) is 2. The fourth-order valence-corrected chi connectivity index (χ4v) is 5.14. The van der Waals surface area contributed by atoms with Gasteiger partial charge in [-0.15, -0.1) is 10.2 Å². The van der Waals surface area contributed by atoms with E-state index >= 15 is 0 Å². The second-order valence-electron chi connectivity index (χ2n) is 8.77. The maximum atomic E-state index is 14.1. The zero-order valence-corrected chi connectivity index (χ0v) is 22.1. The summed E-state index contributed by atoms with van der Waals surface area (Å²) in [6.07, 6.45) is -0.682. The molecule has 0 radical (unpaired) electrons. The van der Waals surface area contributed by atoms with Gasteiger partial charge in [-0.2, -0.15) is 4.98 Å². The van der Waals surface area contributed by atoms with Crippen molar-refractivity contribution < 1.29 is 13.9 Å². The monoisotopic (exact) mass is 556 g/mol. The molecule has 9 heteroatoms. The van der Waals surface area contributed by atoms with Crippen LogP contribution in [0, 0.1) is 5.82 Å². The Morgan fingerprint density at radius 2 is 1.72 bits per heavy atom. The summed E-state index contributed by atoms with van der Waals surface area (Å²) in [5, 5.41) is 13.1. The molecule has 1 aliphatic heterocycles. The molecule has 6 nitrogen and oxygen atoms in total. The molecule has 4 aromatic carbocycles. The van der Waals surface area contributed by atoms with Crippen LogP contribution in [0.4, 0.5) is 10.1 Å². The number of thioether (sulfide) groups is 1. The zero-order chi connectivity index (χ0) is 26.6. The summed E-state index contributed by atoms with van der Waals surface area (Å²) in [6.45, 7) is 0.385. The van der Waals surface area contributed by atoms with Crippen LogP contribution >= 0.6 is 23.4 Å². The van der Waals surface area contributed by atoms with Crippen molar-refractivity contribution in [2.45, 2.75) is 23.7 Å². The van der Waals surface area contributed by atoms with Crippen molar-refractivity contribution in [2.24, 2.45) is 0 Å². The summed E-state index contributed by atoms with van der Waals surface area (Å²) < 4.78 is 26.8. The molecular weight excluding hydrogens is 535 g/mol. The van der Waals surface area contributed by atoms with E-state index in [-0.39, 0.29) is 5.82 Å². The lowest BCUT2D eigenvalue weighted by Gasteiger charge is -2.22. The Morgan fingerprint density at radius 3 is 2.59 bits per heavy atom. The number of hydrogen-bond donors (Lipinski definition) is 1. The summed E-state index contributed by atoms with van der Waals surface area (Å²) in [6, 6.07) is 29.7. The van der Waals surface area contributed by atoms with Crippen molar-refractivity contribution in [3.05, 3.63) is 125 Å². The highest BCUT2D eigenvalue weighted by atomic mass is 35.5. The first-order valence-electron chi connectivity index (χ1n) is 12.2. The Hall–Kier alpha value is -4.14. The number of fused-ring (bicyclic) bond motifs is 3. The molecule has 39 heavy (non-hydrogen) atoms. The molecular formula is C30H22ClFN4O2S. The molecule has 1 atom stereocenters. The lowest BCUT2D eigenvalue weighted by molar-refractivity contribution is 0.214. The van der Waals surface area contributed by atoms with Gasteiger partial charge >= 0.3 is 0 Å². The van der Waals surface area contributed by atoms with Gasteiger partial charge < -0.3 is 14.8 Å². The molecule has 0 saturated carbocycles. The van der Waals surface area contributed by atoms with Gasteiger partial charge in [0.25, 0.3) is 0 Å². The maximum absolute atomic E-state index is 14.1. The summed E-state index contributed by atoms with van der Waals surface area (Å²) in [5.74, 6) is 1.01. The molecule has 0 amide bonds. The van der Waals surface area contributed by atoms with Crippen molar-refractivity contribution >= 4 is 29.1 Å². The van der Waals surface area contributed by atoms with E-state index in [9.17, 15) is 4.39 Å². The van der Waals surface area contributed by atoms with Gasteiger partial charge in [0.05, 0.1) is 5.56 Å². The molecule has 5 aromatic rings. The number of hydrogen-bond acceptors (Lipinski definition) is 7. The second kappa shape index (κ2) is 11.3. The standard InChI is InChI=1S/C30H22ClFN4O2S/c31-21-14-15-26(37-17-19-8-2-1-3-9-19)23(16-21)28-33-25-13-7-5-11-22(25)27-29(38-28)34-30(36-35-27)39-18-20-10-4-6-12-24(20)32/h1-16,28,33H,17-18H2/t28-/m1/s1. The molecule has 0 unspecified atom stereocenters. The largest absolute Gasteiger partial charge is 0.488 e. The number of aromatic nitrogens is 3. The van der Waals surface area contributed by atoms with E-state index in [4.69, 9.17) is 21.1 Å². The Kier molecular flexibility index (Phi) is 7.29. The number of nitrogens with zero attached hydrogens (tertiary/aromatic N) is 3. The van der Waals surface area contributed by atoms with Crippen LogP contribution in [-0.4, -0.2) is 15.2 Å². The van der Waals surface area contributed by atoms with E-state index in [1.165, 1.54) is 17.8 Å². The van der Waals surface area contributed by atoms with E-state index in [2.05, 4.69) is 20.5 Å². The Labute approximate surface area is 234 Å². The van der Waals surface area contributed by atoms with Gasteiger partial charge in [-0.25, -0.2) is 4.39 Å². The molecule has 0 spiro atoms. The number of para-hydroxylation sites is 1. The number of halogens is 2. The van der Waals surface area contributed by atoms with Crippen LogP contribution in [0.2, 0.25) is 5.02 Å². The summed E-state index contributed by atoms with van der Waals surface area (Å²) in [5.41, 5.74) is 4.42. The van der Waals surface area contributed by atoms with Crippen LogP contribution in [0.3, 0.4) is 0 Å². The first-order chi connectivity index (χ1) is 19.1. The molecule has 194 valence electrons. The topological polar surface area (TPSA) is 69.2 Å². The normalized spacial score (nSPS) is 13.8. The van der Waals surface area contributed by atoms with E-state index in [1.54, 1.807) is 24.3 Å². The molecule has 0 saturated heterocycles. The average Bonchev–Trinajstić information content (AvgIpc) is 3.13. The SMILES string of the molecule is Fc1ccccc1CSc1nnc2c(n1)O[C@H](c1cc(Cl)ccc1OCc1ccccc1)Nc1ccccc1-2. The molecule has 1 aliphatic rings. The van der Waals surface area contributed by atoms with Crippen molar-refractivity contribution in [1.82, 2.24) is 15.2 Å². The number of nitrogens with one attached hydrogen (secondary N) is 1. The Balaban J connectivity index is 1.33. The van der Waals surface area contributed by atoms with E-state index in [0.717, 1.165) is 16.8 Å². The van der Waals surface area contributed by atoms with E-state index in [0.29, 0.717) is 51.0 Å². The van der Waals surface area contributed by atoms with E-state index in [1.807, 2.05) is 66.7 Å². The van der Waals surface area contributed by atoms with Gasteiger partial charge in [0.2, 0.25) is 17.3 Å². The summed E-state index contributed by atoms with van der Waals surface area (Å²) in [7, 11) is 0. The third-order valence-electron chi connectivity index (χ3n) is 6.14. The van der Waals surface area contributed by atoms with Crippen LogP contribution in [-0.2, 0) is 12.4 Å². The van der Waals surface area contributed by atoms with Gasteiger partial charge in [0, 0.05) is 22.0 Å². The Bertz CT molecular complexity index is 1620. The minimum atomic E-state index is -0.682. The Morgan fingerprint density at radius 1 is 0.923 bits per heavy atom. The van der Waals surface area contributed by atoms with Crippen LogP contribution in [0.5, 0.6) is 11.6 Å². The third-order valence-corrected chi connectivity index (χ3v) is 7.26. The molecule has 1 aromatic heterocycles. The maximum Gasteiger partial charge on any atom is 0.247 e. The molecule has 0 fully saturated rings. The molecule has 6 rings (SSSR count). The van der Waals surface area contributed by atoms with Crippen LogP contribution in [0.25, 0.3) is 11.3 Å². The smallest absolute Gasteiger partial charge is 0.247 e. The van der Waals surface area contributed by atoms with Crippen LogP contribution in [0.15, 0.2) is 102 Å².